The van der Waals surface area contributed by atoms with Crippen LogP contribution in [0, 0.1) is 0 Å². The molecule has 0 aromatic heterocycles. The summed E-state index contributed by atoms with van der Waals surface area (Å²) >= 11 is 12.0. The van der Waals surface area contributed by atoms with Gasteiger partial charge in [-0.1, -0.05) is 29.3 Å². The lowest BCUT2D eigenvalue weighted by Gasteiger charge is -2.24. The van der Waals surface area contributed by atoms with Crippen LogP contribution in [0.3, 0.4) is 0 Å². The fourth-order valence-corrected chi connectivity index (χ4v) is 5.19. The van der Waals surface area contributed by atoms with Gasteiger partial charge in [0.25, 0.3) is 0 Å². The summed E-state index contributed by atoms with van der Waals surface area (Å²) in [6, 6.07) is 5.41. The van der Waals surface area contributed by atoms with E-state index in [2.05, 4.69) is 5.32 Å². The first kappa shape index (κ1) is 17.3. The Bertz CT molecular complexity index is 624. The molecule has 21 heavy (non-hydrogen) atoms. The van der Waals surface area contributed by atoms with Crippen LogP contribution in [-0.4, -0.2) is 37.9 Å². The van der Waals surface area contributed by atoms with Crippen LogP contribution >= 0.6 is 35.6 Å². The minimum atomic E-state index is -3.58. The predicted molar refractivity (Wildman–Crippen MR) is 87.0 cm³/mol. The number of fused-ring (bicyclic) bond motifs is 2. The van der Waals surface area contributed by atoms with Gasteiger partial charge in [-0.15, -0.1) is 12.4 Å². The molecule has 2 bridgehead atoms. The zero-order chi connectivity index (χ0) is 14.3. The lowest BCUT2D eigenvalue weighted by Crippen LogP contribution is -2.39. The zero-order valence-electron chi connectivity index (χ0n) is 11.3. The van der Waals surface area contributed by atoms with Gasteiger partial charge in [0.1, 0.15) is 4.90 Å². The van der Waals surface area contributed by atoms with Crippen LogP contribution in [-0.2, 0) is 10.0 Å². The van der Waals surface area contributed by atoms with Crippen molar-refractivity contribution < 1.29 is 8.42 Å². The molecule has 1 aromatic carbocycles. The Hall–Kier alpha value is -0.0400. The molecule has 1 aromatic rings. The molecule has 4 nitrogen and oxygen atoms in total. The second kappa shape index (κ2) is 6.60. The molecule has 2 atom stereocenters. The second-order valence-electron chi connectivity index (χ2n) is 5.34. The van der Waals surface area contributed by atoms with Crippen LogP contribution < -0.4 is 5.32 Å². The minimum absolute atomic E-state index is 0. The number of rotatable bonds is 2. The maximum atomic E-state index is 12.7. The normalized spacial score (nSPS) is 26.2. The molecule has 8 heteroatoms. The number of benzene rings is 1. The van der Waals surface area contributed by atoms with Crippen molar-refractivity contribution in [1.29, 1.82) is 0 Å². The van der Waals surface area contributed by atoms with Gasteiger partial charge in [-0.25, -0.2) is 8.42 Å². The highest BCUT2D eigenvalue weighted by Gasteiger charge is 2.35. The molecular formula is C13H17Cl3N2O2S. The molecule has 0 aliphatic carbocycles. The molecule has 2 fully saturated rings. The Morgan fingerprint density at radius 2 is 1.86 bits per heavy atom. The highest BCUT2D eigenvalue weighted by molar-refractivity contribution is 7.89. The van der Waals surface area contributed by atoms with E-state index in [1.165, 1.54) is 10.4 Å². The van der Waals surface area contributed by atoms with Crippen molar-refractivity contribution in [3.8, 4) is 0 Å². The van der Waals surface area contributed by atoms with E-state index in [0.717, 1.165) is 19.3 Å². The number of nitrogens with one attached hydrogen (secondary N) is 1. The van der Waals surface area contributed by atoms with E-state index in [-0.39, 0.29) is 33.4 Å². The molecule has 2 aliphatic heterocycles. The third-order valence-electron chi connectivity index (χ3n) is 4.02. The molecule has 1 N–H and O–H groups in total. The average Bonchev–Trinajstić information content (AvgIpc) is 2.71. The van der Waals surface area contributed by atoms with E-state index < -0.39 is 10.0 Å². The summed E-state index contributed by atoms with van der Waals surface area (Å²) in [5.74, 6) is 0. The molecule has 0 radical (unpaired) electrons. The van der Waals surface area contributed by atoms with Gasteiger partial charge in [0.05, 0.1) is 10.0 Å². The number of hydrogen-bond donors (Lipinski definition) is 1. The number of halogens is 3. The predicted octanol–water partition coefficient (Wildman–Crippen LogP) is 2.93. The fourth-order valence-electron chi connectivity index (χ4n) is 2.95. The van der Waals surface area contributed by atoms with Crippen molar-refractivity contribution in [2.24, 2.45) is 0 Å². The molecule has 118 valence electrons. The summed E-state index contributed by atoms with van der Waals surface area (Å²) in [4.78, 5) is 0.101. The van der Waals surface area contributed by atoms with Gasteiger partial charge in [0.15, 0.2) is 0 Å². The third-order valence-corrected chi connectivity index (χ3v) is 6.86. The van der Waals surface area contributed by atoms with Gasteiger partial charge in [0.2, 0.25) is 10.0 Å². The Morgan fingerprint density at radius 1 is 1.14 bits per heavy atom. The molecule has 2 aliphatic rings. The van der Waals surface area contributed by atoms with Gasteiger partial charge < -0.3 is 5.32 Å². The smallest absolute Gasteiger partial charge is 0.244 e. The maximum Gasteiger partial charge on any atom is 0.244 e. The van der Waals surface area contributed by atoms with Crippen LogP contribution in [0.4, 0.5) is 0 Å². The fraction of sp³-hybridized carbons (Fsp3) is 0.538. The maximum absolute atomic E-state index is 12.7. The second-order valence-corrected chi connectivity index (χ2v) is 8.03. The molecule has 3 rings (SSSR count). The van der Waals surface area contributed by atoms with Crippen LogP contribution in [0.2, 0.25) is 10.0 Å². The van der Waals surface area contributed by atoms with Crippen molar-refractivity contribution >= 4 is 45.6 Å². The summed E-state index contributed by atoms with van der Waals surface area (Å²) in [6.07, 6.45) is 3.00. The lowest BCUT2D eigenvalue weighted by atomic mass is 10.1. The number of nitrogens with zero attached hydrogens (tertiary/aromatic N) is 1. The quantitative estimate of drug-likeness (QED) is 0.869. The monoisotopic (exact) mass is 370 g/mol. The molecule has 0 amide bonds. The topological polar surface area (TPSA) is 49.4 Å². The van der Waals surface area contributed by atoms with Crippen molar-refractivity contribution in [1.82, 2.24) is 9.62 Å². The van der Waals surface area contributed by atoms with Gasteiger partial charge >= 0.3 is 0 Å². The van der Waals surface area contributed by atoms with Crippen molar-refractivity contribution in [2.75, 3.05) is 13.1 Å². The highest BCUT2D eigenvalue weighted by Crippen LogP contribution is 2.32. The molecular weight excluding hydrogens is 355 g/mol. The molecule has 2 heterocycles. The first-order chi connectivity index (χ1) is 9.48. The molecule has 2 unspecified atom stereocenters. The van der Waals surface area contributed by atoms with Gasteiger partial charge in [-0.2, -0.15) is 4.31 Å². The lowest BCUT2D eigenvalue weighted by molar-refractivity contribution is 0.383. The van der Waals surface area contributed by atoms with E-state index in [1.807, 2.05) is 0 Å². The summed E-state index contributed by atoms with van der Waals surface area (Å²) in [6.45, 7) is 1.03. The van der Waals surface area contributed by atoms with Gasteiger partial charge in [-0.05, 0) is 31.4 Å². The average molecular weight is 372 g/mol. The summed E-state index contributed by atoms with van der Waals surface area (Å²) < 4.78 is 27.0. The number of sulfonamides is 1. The van der Waals surface area contributed by atoms with E-state index in [1.54, 1.807) is 12.1 Å². The molecule has 0 spiro atoms. The van der Waals surface area contributed by atoms with Gasteiger partial charge in [0, 0.05) is 25.2 Å². The Kier molecular flexibility index (Phi) is 5.45. The van der Waals surface area contributed by atoms with Crippen LogP contribution in [0.5, 0.6) is 0 Å². The minimum Gasteiger partial charge on any atom is -0.310 e. The summed E-state index contributed by atoms with van der Waals surface area (Å²) in [5.41, 5.74) is 0. The zero-order valence-corrected chi connectivity index (χ0v) is 14.4. The molecule has 0 saturated carbocycles. The van der Waals surface area contributed by atoms with Crippen molar-refractivity contribution in [3.63, 3.8) is 0 Å². The van der Waals surface area contributed by atoms with E-state index in [0.29, 0.717) is 19.1 Å². The largest absolute Gasteiger partial charge is 0.310 e. The van der Waals surface area contributed by atoms with Crippen LogP contribution in [0.25, 0.3) is 0 Å². The SMILES string of the molecule is Cl.O=S(=O)(c1cccc(Cl)c1Cl)N1CCC2CCC(C1)N2. The first-order valence-corrected chi connectivity index (χ1v) is 8.88. The van der Waals surface area contributed by atoms with Crippen molar-refractivity contribution in [2.45, 2.75) is 36.2 Å². The Labute approximate surface area is 141 Å². The third kappa shape index (κ3) is 3.33. The van der Waals surface area contributed by atoms with E-state index in [4.69, 9.17) is 23.2 Å². The number of hydrogen-bond acceptors (Lipinski definition) is 3. The summed E-state index contributed by atoms with van der Waals surface area (Å²) in [5, 5.41) is 3.84. The molecule has 2 saturated heterocycles. The highest BCUT2D eigenvalue weighted by atomic mass is 35.5. The van der Waals surface area contributed by atoms with E-state index >= 15 is 0 Å². The first-order valence-electron chi connectivity index (χ1n) is 6.68. The standard InChI is InChI=1S/C13H16Cl2N2O2S.ClH/c14-11-2-1-3-12(13(11)15)20(18,19)17-7-6-9-4-5-10(8-17)16-9;/h1-3,9-10,16H,4-8H2;1H. The van der Waals surface area contributed by atoms with Crippen LogP contribution in [0.1, 0.15) is 19.3 Å². The van der Waals surface area contributed by atoms with Crippen LogP contribution in [0.15, 0.2) is 23.1 Å². The summed E-state index contributed by atoms with van der Waals surface area (Å²) in [7, 11) is -3.58. The van der Waals surface area contributed by atoms with E-state index in [9.17, 15) is 8.42 Å². The Morgan fingerprint density at radius 3 is 2.62 bits per heavy atom. The van der Waals surface area contributed by atoms with Crippen molar-refractivity contribution in [3.05, 3.63) is 28.2 Å². The Balaban J connectivity index is 0.00000161. The van der Waals surface area contributed by atoms with Gasteiger partial charge in [-0.3, -0.25) is 0 Å².